The van der Waals surface area contributed by atoms with Crippen molar-refractivity contribution in [3.63, 3.8) is 0 Å². The van der Waals surface area contributed by atoms with Crippen LogP contribution in [0.5, 0.6) is 5.75 Å². The summed E-state index contributed by atoms with van der Waals surface area (Å²) in [6.07, 6.45) is 1.67. The molecular weight excluding hydrogens is 254 g/mol. The lowest BCUT2D eigenvalue weighted by Gasteiger charge is -2.11. The van der Waals surface area contributed by atoms with Crippen LogP contribution in [0, 0.1) is 0 Å². The molecule has 2 rings (SSSR count). The van der Waals surface area contributed by atoms with Gasteiger partial charge in [0.1, 0.15) is 11.6 Å². The van der Waals surface area contributed by atoms with Crippen molar-refractivity contribution in [2.45, 2.75) is 39.8 Å². The van der Waals surface area contributed by atoms with E-state index in [4.69, 9.17) is 4.74 Å². The van der Waals surface area contributed by atoms with Crippen LogP contribution in [0.4, 0.5) is 0 Å². The Kier molecular flexibility index (Phi) is 4.74. The SMILES string of the molecule is CCc1nc(CC)n(Cc2cc(CO)ccc2OC)n1. The molecule has 0 aliphatic heterocycles. The third-order valence-electron chi connectivity index (χ3n) is 3.27. The van der Waals surface area contributed by atoms with E-state index in [2.05, 4.69) is 17.0 Å². The van der Waals surface area contributed by atoms with E-state index in [0.29, 0.717) is 6.54 Å². The van der Waals surface area contributed by atoms with Gasteiger partial charge in [-0.3, -0.25) is 0 Å². The van der Waals surface area contributed by atoms with Crippen molar-refractivity contribution in [2.24, 2.45) is 0 Å². The Morgan fingerprint density at radius 1 is 1.25 bits per heavy atom. The number of aliphatic hydroxyl groups excluding tert-OH is 1. The largest absolute Gasteiger partial charge is 0.496 e. The number of rotatable bonds is 6. The lowest BCUT2D eigenvalue weighted by atomic mass is 10.1. The zero-order valence-electron chi connectivity index (χ0n) is 12.3. The van der Waals surface area contributed by atoms with Crippen LogP contribution in [0.15, 0.2) is 18.2 Å². The molecule has 5 heteroatoms. The predicted molar refractivity (Wildman–Crippen MR) is 76.8 cm³/mol. The number of nitrogens with zero attached hydrogens (tertiary/aromatic N) is 3. The second kappa shape index (κ2) is 6.52. The minimum Gasteiger partial charge on any atom is -0.496 e. The highest BCUT2D eigenvalue weighted by atomic mass is 16.5. The molecule has 5 nitrogen and oxygen atoms in total. The van der Waals surface area contributed by atoms with E-state index in [0.717, 1.165) is 41.4 Å². The molecule has 1 aromatic carbocycles. The second-order valence-electron chi connectivity index (χ2n) is 4.61. The van der Waals surface area contributed by atoms with Gasteiger partial charge in [-0.1, -0.05) is 19.9 Å². The minimum absolute atomic E-state index is 0.0230. The van der Waals surface area contributed by atoms with Crippen molar-refractivity contribution in [1.82, 2.24) is 14.8 Å². The fourth-order valence-corrected chi connectivity index (χ4v) is 2.18. The Bertz CT molecular complexity index is 578. The van der Waals surface area contributed by atoms with Gasteiger partial charge in [0, 0.05) is 18.4 Å². The quantitative estimate of drug-likeness (QED) is 0.875. The molecule has 0 atom stereocenters. The van der Waals surface area contributed by atoms with Crippen molar-refractivity contribution >= 4 is 0 Å². The first-order valence-electron chi connectivity index (χ1n) is 6.91. The van der Waals surface area contributed by atoms with Crippen LogP contribution in [0.3, 0.4) is 0 Å². The molecule has 1 heterocycles. The van der Waals surface area contributed by atoms with Crippen molar-refractivity contribution in [1.29, 1.82) is 0 Å². The number of hydrogen-bond donors (Lipinski definition) is 1. The third kappa shape index (κ3) is 2.99. The van der Waals surface area contributed by atoms with Gasteiger partial charge >= 0.3 is 0 Å². The summed E-state index contributed by atoms with van der Waals surface area (Å²) in [5, 5.41) is 13.8. The molecule has 108 valence electrons. The molecule has 0 amide bonds. The van der Waals surface area contributed by atoms with E-state index >= 15 is 0 Å². The Balaban J connectivity index is 2.35. The summed E-state index contributed by atoms with van der Waals surface area (Å²) in [4.78, 5) is 4.50. The average Bonchev–Trinajstić information content (AvgIpc) is 2.89. The highest BCUT2D eigenvalue weighted by Gasteiger charge is 2.11. The van der Waals surface area contributed by atoms with Gasteiger partial charge in [-0.15, -0.1) is 0 Å². The van der Waals surface area contributed by atoms with Gasteiger partial charge in [0.2, 0.25) is 0 Å². The van der Waals surface area contributed by atoms with Crippen molar-refractivity contribution in [3.8, 4) is 5.75 Å². The molecule has 0 unspecified atom stereocenters. The summed E-state index contributed by atoms with van der Waals surface area (Å²) in [6.45, 7) is 4.75. The maximum Gasteiger partial charge on any atom is 0.150 e. The van der Waals surface area contributed by atoms with E-state index in [1.54, 1.807) is 7.11 Å². The molecule has 2 aromatic rings. The minimum atomic E-state index is 0.0230. The van der Waals surface area contributed by atoms with E-state index in [-0.39, 0.29) is 6.61 Å². The first-order chi connectivity index (χ1) is 9.71. The molecule has 0 spiro atoms. The molecule has 20 heavy (non-hydrogen) atoms. The fraction of sp³-hybridized carbons (Fsp3) is 0.467. The van der Waals surface area contributed by atoms with Crippen LogP contribution >= 0.6 is 0 Å². The number of hydrogen-bond acceptors (Lipinski definition) is 4. The first kappa shape index (κ1) is 14.5. The second-order valence-corrected chi connectivity index (χ2v) is 4.61. The Morgan fingerprint density at radius 2 is 2.05 bits per heavy atom. The predicted octanol–water partition coefficient (Wildman–Crippen LogP) is 1.95. The normalized spacial score (nSPS) is 10.8. The maximum atomic E-state index is 9.26. The maximum absolute atomic E-state index is 9.26. The Morgan fingerprint density at radius 3 is 2.65 bits per heavy atom. The fourth-order valence-electron chi connectivity index (χ4n) is 2.18. The molecule has 0 fully saturated rings. The highest BCUT2D eigenvalue weighted by Crippen LogP contribution is 2.21. The summed E-state index contributed by atoms with van der Waals surface area (Å²) >= 11 is 0. The smallest absolute Gasteiger partial charge is 0.150 e. The summed E-state index contributed by atoms with van der Waals surface area (Å²) in [5.41, 5.74) is 1.87. The van der Waals surface area contributed by atoms with E-state index in [1.807, 2.05) is 29.8 Å². The summed E-state index contributed by atoms with van der Waals surface area (Å²) in [6, 6.07) is 5.69. The van der Waals surface area contributed by atoms with Crippen LogP contribution in [0.25, 0.3) is 0 Å². The van der Waals surface area contributed by atoms with Gasteiger partial charge in [-0.2, -0.15) is 5.10 Å². The number of methoxy groups -OCH3 is 1. The number of aromatic nitrogens is 3. The van der Waals surface area contributed by atoms with Crippen molar-refractivity contribution < 1.29 is 9.84 Å². The van der Waals surface area contributed by atoms with Gasteiger partial charge in [-0.05, 0) is 17.7 Å². The molecular formula is C15H21N3O2. The van der Waals surface area contributed by atoms with Crippen molar-refractivity contribution in [3.05, 3.63) is 41.0 Å². The molecule has 0 saturated heterocycles. The monoisotopic (exact) mass is 275 g/mol. The van der Waals surface area contributed by atoms with Crippen LogP contribution in [0.2, 0.25) is 0 Å². The van der Waals surface area contributed by atoms with Crippen LogP contribution in [-0.4, -0.2) is 27.0 Å². The van der Waals surface area contributed by atoms with Crippen molar-refractivity contribution in [2.75, 3.05) is 7.11 Å². The lowest BCUT2D eigenvalue weighted by Crippen LogP contribution is -2.08. The number of benzene rings is 1. The van der Waals surface area contributed by atoms with Gasteiger partial charge in [0.25, 0.3) is 0 Å². The molecule has 0 saturated carbocycles. The third-order valence-corrected chi connectivity index (χ3v) is 3.27. The summed E-state index contributed by atoms with van der Waals surface area (Å²) in [7, 11) is 1.65. The van der Waals surface area contributed by atoms with E-state index in [1.165, 1.54) is 0 Å². The zero-order valence-corrected chi connectivity index (χ0v) is 12.3. The van der Waals surface area contributed by atoms with E-state index < -0.39 is 0 Å². The molecule has 1 N–H and O–H groups in total. The number of aryl methyl sites for hydroxylation is 2. The molecule has 0 radical (unpaired) electrons. The molecule has 0 bridgehead atoms. The van der Waals surface area contributed by atoms with E-state index in [9.17, 15) is 5.11 Å². The Labute approximate surface area is 119 Å². The van der Waals surface area contributed by atoms with Crippen LogP contribution in [0.1, 0.15) is 36.6 Å². The first-order valence-corrected chi connectivity index (χ1v) is 6.91. The lowest BCUT2D eigenvalue weighted by molar-refractivity contribution is 0.281. The zero-order chi connectivity index (χ0) is 14.5. The van der Waals surface area contributed by atoms with Gasteiger partial charge < -0.3 is 9.84 Å². The van der Waals surface area contributed by atoms with Crippen LogP contribution in [-0.2, 0) is 26.0 Å². The molecule has 0 aliphatic carbocycles. The van der Waals surface area contributed by atoms with Crippen LogP contribution < -0.4 is 4.74 Å². The Hall–Kier alpha value is -1.88. The summed E-state index contributed by atoms with van der Waals surface area (Å²) in [5.74, 6) is 2.63. The topological polar surface area (TPSA) is 60.2 Å². The van der Waals surface area contributed by atoms with Gasteiger partial charge in [0.05, 0.1) is 20.3 Å². The van der Waals surface area contributed by atoms with Gasteiger partial charge in [-0.25, -0.2) is 9.67 Å². The number of aliphatic hydroxyl groups is 1. The molecule has 0 aliphatic rings. The summed E-state index contributed by atoms with van der Waals surface area (Å²) < 4.78 is 7.30. The molecule has 1 aromatic heterocycles. The number of ether oxygens (including phenoxy) is 1. The average molecular weight is 275 g/mol. The standard InChI is InChI=1S/C15H21N3O2/c1-4-14-16-15(5-2)18(17-14)9-12-8-11(10-19)6-7-13(12)20-3/h6-8,19H,4-5,9-10H2,1-3H3. The van der Waals surface area contributed by atoms with Gasteiger partial charge in [0.15, 0.2) is 5.82 Å². The highest BCUT2D eigenvalue weighted by molar-refractivity contribution is 5.37.